The Labute approximate surface area is 198 Å². The van der Waals surface area contributed by atoms with E-state index in [0.29, 0.717) is 13.5 Å². The largest absolute Gasteiger partial charge is 0.476 e. The minimum Gasteiger partial charge on any atom is -0.476 e. The molecule has 1 atom stereocenters. The normalized spacial score (nSPS) is 12.3. The number of anilines is 2. The van der Waals surface area contributed by atoms with E-state index >= 15 is 0 Å². The SMILES string of the molecule is CCN(C)c1nc2c(C(C)Nc3ccc(Cl)nc3C(=O)O)cc(C(C)(F)F)cn2c(=O)c1C#N. The van der Waals surface area contributed by atoms with Gasteiger partial charge in [-0.3, -0.25) is 9.20 Å². The Bertz CT molecular complexity index is 1380. The summed E-state index contributed by atoms with van der Waals surface area (Å²) in [4.78, 5) is 34.6. The lowest BCUT2D eigenvalue weighted by atomic mass is 10.0. The van der Waals surface area contributed by atoms with Crippen molar-refractivity contribution in [2.75, 3.05) is 23.8 Å². The fraction of sp³-hybridized carbons (Fsp3) is 0.318. The number of aromatic nitrogens is 3. The number of fused-ring (bicyclic) bond motifs is 1. The van der Waals surface area contributed by atoms with Crippen molar-refractivity contribution in [2.45, 2.75) is 32.7 Å². The van der Waals surface area contributed by atoms with Gasteiger partial charge in [-0.25, -0.2) is 23.5 Å². The molecule has 3 rings (SSSR count). The Morgan fingerprint density at radius 3 is 2.65 bits per heavy atom. The molecule has 0 amide bonds. The highest BCUT2D eigenvalue weighted by Gasteiger charge is 2.29. The maximum absolute atomic E-state index is 14.3. The van der Waals surface area contributed by atoms with Crippen molar-refractivity contribution in [3.63, 3.8) is 0 Å². The van der Waals surface area contributed by atoms with Crippen LogP contribution in [-0.4, -0.2) is 39.0 Å². The molecule has 12 heteroatoms. The number of aromatic carboxylic acids is 1. The summed E-state index contributed by atoms with van der Waals surface area (Å²) in [6.07, 6.45) is 0.962. The Hall–Kier alpha value is -3.78. The van der Waals surface area contributed by atoms with Crippen molar-refractivity contribution in [1.82, 2.24) is 14.4 Å². The molecular formula is C22H21ClF2N6O3. The molecule has 0 saturated carbocycles. The van der Waals surface area contributed by atoms with Gasteiger partial charge in [-0.2, -0.15) is 5.26 Å². The summed E-state index contributed by atoms with van der Waals surface area (Å²) in [6.45, 7) is 4.52. The first-order valence-corrected chi connectivity index (χ1v) is 10.5. The second-order valence-corrected chi connectivity index (χ2v) is 8.10. The van der Waals surface area contributed by atoms with Gasteiger partial charge in [0.05, 0.1) is 11.7 Å². The predicted octanol–water partition coefficient (Wildman–Crippen LogP) is 4.05. The molecule has 0 radical (unpaired) electrons. The van der Waals surface area contributed by atoms with Crippen molar-refractivity contribution in [3.05, 3.63) is 62.3 Å². The van der Waals surface area contributed by atoms with Gasteiger partial charge in [-0.1, -0.05) is 11.6 Å². The zero-order valence-electron chi connectivity index (χ0n) is 18.7. The fourth-order valence-corrected chi connectivity index (χ4v) is 3.51. The highest BCUT2D eigenvalue weighted by Crippen LogP contribution is 2.32. The summed E-state index contributed by atoms with van der Waals surface area (Å²) in [5, 5.41) is 21.9. The Morgan fingerprint density at radius 1 is 1.41 bits per heavy atom. The molecule has 3 aromatic rings. The lowest BCUT2D eigenvalue weighted by Crippen LogP contribution is -2.28. The van der Waals surface area contributed by atoms with Crippen molar-refractivity contribution < 1.29 is 18.7 Å². The van der Waals surface area contributed by atoms with Gasteiger partial charge in [-0.15, -0.1) is 0 Å². The number of rotatable bonds is 7. The summed E-state index contributed by atoms with van der Waals surface area (Å²) >= 11 is 5.81. The first-order valence-electron chi connectivity index (χ1n) is 10.1. The lowest BCUT2D eigenvalue weighted by molar-refractivity contribution is 0.0169. The van der Waals surface area contributed by atoms with E-state index in [2.05, 4.69) is 15.3 Å². The molecular weight excluding hydrogens is 470 g/mol. The number of alkyl halides is 2. The standard InChI is InChI=1S/C22H21ClF2N6O3/c1-5-30(4)18-14(9-26)20(32)31-10-12(22(3,24)25)8-13(19(31)29-18)11(2)27-15-6-7-16(23)28-17(15)21(33)34/h6-8,10-11,27H,5H2,1-4H3,(H,33,34). The van der Waals surface area contributed by atoms with Crippen LogP contribution in [0.15, 0.2) is 29.2 Å². The third-order valence-electron chi connectivity index (χ3n) is 5.29. The maximum Gasteiger partial charge on any atom is 0.356 e. The molecule has 3 aromatic heterocycles. The number of nitrogens with one attached hydrogen (secondary N) is 1. The number of carboxylic acid groups (broad SMARTS) is 1. The lowest BCUT2D eigenvalue weighted by Gasteiger charge is -2.23. The highest BCUT2D eigenvalue weighted by molar-refractivity contribution is 6.29. The van der Waals surface area contributed by atoms with Crippen LogP contribution in [0.2, 0.25) is 5.15 Å². The Balaban J connectivity index is 2.31. The van der Waals surface area contributed by atoms with Crippen LogP contribution >= 0.6 is 11.6 Å². The second-order valence-electron chi connectivity index (χ2n) is 7.71. The van der Waals surface area contributed by atoms with E-state index in [-0.39, 0.29) is 39.1 Å². The summed E-state index contributed by atoms with van der Waals surface area (Å²) in [7, 11) is 1.65. The van der Waals surface area contributed by atoms with E-state index in [1.165, 1.54) is 18.2 Å². The van der Waals surface area contributed by atoms with Gasteiger partial charge in [-0.05, 0) is 32.0 Å². The molecule has 0 fully saturated rings. The molecule has 0 bridgehead atoms. The third kappa shape index (κ3) is 4.63. The number of hydrogen-bond acceptors (Lipinski definition) is 7. The molecule has 0 aliphatic heterocycles. The highest BCUT2D eigenvalue weighted by atomic mass is 35.5. The van der Waals surface area contributed by atoms with Crippen LogP contribution in [0.3, 0.4) is 0 Å². The van der Waals surface area contributed by atoms with Crippen molar-refractivity contribution in [3.8, 4) is 6.07 Å². The number of carbonyl (C=O) groups is 1. The van der Waals surface area contributed by atoms with Crippen LogP contribution in [0.4, 0.5) is 20.3 Å². The second kappa shape index (κ2) is 9.23. The number of halogens is 3. The zero-order valence-corrected chi connectivity index (χ0v) is 19.5. The van der Waals surface area contributed by atoms with Gasteiger partial charge < -0.3 is 15.3 Å². The van der Waals surface area contributed by atoms with E-state index in [1.54, 1.807) is 25.8 Å². The fourth-order valence-electron chi connectivity index (χ4n) is 3.36. The van der Waals surface area contributed by atoms with Crippen LogP contribution in [-0.2, 0) is 5.92 Å². The van der Waals surface area contributed by atoms with Gasteiger partial charge in [0.15, 0.2) is 17.1 Å². The maximum atomic E-state index is 14.3. The number of carboxylic acids is 1. The minimum atomic E-state index is -3.30. The molecule has 34 heavy (non-hydrogen) atoms. The van der Waals surface area contributed by atoms with Gasteiger partial charge in [0.2, 0.25) is 0 Å². The number of pyridine rings is 2. The number of nitrogens with zero attached hydrogens (tertiary/aromatic N) is 5. The molecule has 3 heterocycles. The van der Waals surface area contributed by atoms with Crippen LogP contribution in [0.5, 0.6) is 0 Å². The van der Waals surface area contributed by atoms with Crippen LogP contribution in [0.25, 0.3) is 5.65 Å². The van der Waals surface area contributed by atoms with E-state index in [9.17, 15) is 28.7 Å². The smallest absolute Gasteiger partial charge is 0.356 e. The Kier molecular flexibility index (Phi) is 6.74. The average molecular weight is 491 g/mol. The summed E-state index contributed by atoms with van der Waals surface area (Å²) in [5.74, 6) is -4.53. The molecule has 0 saturated heterocycles. The monoisotopic (exact) mass is 490 g/mol. The first kappa shape index (κ1) is 24.9. The molecule has 0 aromatic carbocycles. The van der Waals surface area contributed by atoms with Crippen LogP contribution in [0.1, 0.15) is 54.0 Å². The molecule has 9 nitrogen and oxygen atoms in total. The molecule has 178 valence electrons. The van der Waals surface area contributed by atoms with E-state index in [4.69, 9.17) is 11.6 Å². The summed E-state index contributed by atoms with van der Waals surface area (Å²) in [6, 6.07) is 5.01. The van der Waals surface area contributed by atoms with Crippen LogP contribution < -0.4 is 15.8 Å². The number of hydrogen-bond donors (Lipinski definition) is 2. The van der Waals surface area contributed by atoms with E-state index in [1.807, 2.05) is 6.07 Å². The van der Waals surface area contributed by atoms with E-state index in [0.717, 1.165) is 10.6 Å². The molecule has 2 N–H and O–H groups in total. The zero-order chi connectivity index (χ0) is 25.4. The summed E-state index contributed by atoms with van der Waals surface area (Å²) < 4.78 is 29.5. The van der Waals surface area contributed by atoms with Crippen molar-refractivity contribution >= 4 is 34.7 Å². The van der Waals surface area contributed by atoms with Crippen LogP contribution in [0, 0.1) is 11.3 Å². The molecule has 0 aliphatic carbocycles. The van der Waals surface area contributed by atoms with Gasteiger partial charge in [0.25, 0.3) is 11.5 Å². The summed E-state index contributed by atoms with van der Waals surface area (Å²) in [5.41, 5.74) is -1.56. The third-order valence-corrected chi connectivity index (χ3v) is 5.50. The quantitative estimate of drug-likeness (QED) is 0.475. The Morgan fingerprint density at radius 2 is 2.09 bits per heavy atom. The molecule has 0 spiro atoms. The van der Waals surface area contributed by atoms with Crippen molar-refractivity contribution in [1.29, 1.82) is 5.26 Å². The number of nitriles is 1. The average Bonchev–Trinajstić information content (AvgIpc) is 2.78. The van der Waals surface area contributed by atoms with E-state index < -0.39 is 29.1 Å². The first-order chi connectivity index (χ1) is 15.9. The topological polar surface area (TPSA) is 124 Å². The minimum absolute atomic E-state index is 0.0295. The van der Waals surface area contributed by atoms with Gasteiger partial charge in [0, 0.05) is 37.8 Å². The molecule has 1 unspecified atom stereocenters. The van der Waals surface area contributed by atoms with Crippen molar-refractivity contribution in [2.24, 2.45) is 0 Å². The molecule has 0 aliphatic rings. The predicted molar refractivity (Wildman–Crippen MR) is 123 cm³/mol. The van der Waals surface area contributed by atoms with Gasteiger partial charge >= 0.3 is 5.97 Å². The van der Waals surface area contributed by atoms with Gasteiger partial charge in [0.1, 0.15) is 16.9 Å².